The molecule has 0 aromatic heterocycles. The molecule has 0 saturated carbocycles. The van der Waals surface area contributed by atoms with Crippen molar-refractivity contribution in [3.05, 3.63) is 0 Å². The van der Waals surface area contributed by atoms with Crippen molar-refractivity contribution in [3.8, 4) is 0 Å². The Labute approximate surface area is 125 Å². The maximum Gasteiger partial charge on any atom is 0.0829 e. The van der Waals surface area contributed by atoms with Gasteiger partial charge >= 0.3 is 0 Å². The molecule has 20 heavy (non-hydrogen) atoms. The van der Waals surface area contributed by atoms with Crippen LogP contribution >= 0.6 is 0 Å². The highest BCUT2D eigenvalue weighted by Gasteiger charge is 2.28. The lowest BCUT2D eigenvalue weighted by atomic mass is 10.0. The van der Waals surface area contributed by atoms with E-state index < -0.39 is 0 Å². The summed E-state index contributed by atoms with van der Waals surface area (Å²) < 4.78 is 5.96. The van der Waals surface area contributed by atoms with E-state index >= 15 is 0 Å². The van der Waals surface area contributed by atoms with Crippen LogP contribution in [-0.4, -0.2) is 84.8 Å². The summed E-state index contributed by atoms with van der Waals surface area (Å²) in [6, 6.07) is 0.638. The van der Waals surface area contributed by atoms with Crippen molar-refractivity contribution in [2.24, 2.45) is 0 Å². The van der Waals surface area contributed by atoms with Gasteiger partial charge in [0.1, 0.15) is 0 Å². The molecule has 2 aliphatic rings. The molecule has 2 aliphatic heterocycles. The van der Waals surface area contributed by atoms with Gasteiger partial charge in [0, 0.05) is 57.4 Å². The monoisotopic (exact) mass is 283 g/mol. The molecule has 0 unspecified atom stereocenters. The smallest absolute Gasteiger partial charge is 0.0829 e. The molecule has 0 aliphatic carbocycles. The Hall–Kier alpha value is -0.160. The fraction of sp³-hybridized carbons (Fsp3) is 1.00. The molecule has 2 heterocycles. The molecule has 0 amide bonds. The number of piperazine rings is 1. The zero-order valence-electron chi connectivity index (χ0n) is 14.1. The lowest BCUT2D eigenvalue weighted by molar-refractivity contribution is -0.0591. The van der Waals surface area contributed by atoms with Gasteiger partial charge < -0.3 is 4.74 Å². The van der Waals surface area contributed by atoms with Gasteiger partial charge in [-0.25, -0.2) is 0 Å². The first kappa shape index (κ1) is 16.2. The van der Waals surface area contributed by atoms with E-state index in [1.165, 1.54) is 26.2 Å². The Balaban J connectivity index is 1.75. The minimum atomic E-state index is 0.307. The van der Waals surface area contributed by atoms with E-state index in [2.05, 4.69) is 49.3 Å². The molecule has 0 radical (unpaired) electrons. The molecule has 0 aromatic carbocycles. The maximum absolute atomic E-state index is 5.96. The second kappa shape index (κ2) is 6.73. The Morgan fingerprint density at radius 1 is 1.05 bits per heavy atom. The molecule has 4 nitrogen and oxygen atoms in total. The Morgan fingerprint density at radius 2 is 1.70 bits per heavy atom. The molecule has 2 saturated heterocycles. The lowest BCUT2D eigenvalue weighted by Gasteiger charge is -2.44. The van der Waals surface area contributed by atoms with Gasteiger partial charge in [-0.3, -0.25) is 14.7 Å². The van der Waals surface area contributed by atoms with Crippen molar-refractivity contribution >= 4 is 0 Å². The molecule has 0 spiro atoms. The van der Waals surface area contributed by atoms with Gasteiger partial charge in [0.25, 0.3) is 0 Å². The largest absolute Gasteiger partial charge is 0.374 e. The second-order valence-corrected chi connectivity index (χ2v) is 7.54. The maximum atomic E-state index is 5.96. The average molecular weight is 283 g/mol. The van der Waals surface area contributed by atoms with Crippen molar-refractivity contribution in [1.29, 1.82) is 0 Å². The Kier molecular flexibility index (Phi) is 5.46. The van der Waals surface area contributed by atoms with Gasteiger partial charge in [0.2, 0.25) is 0 Å². The van der Waals surface area contributed by atoms with E-state index in [4.69, 9.17) is 4.74 Å². The Bertz CT molecular complexity index is 293. The summed E-state index contributed by atoms with van der Waals surface area (Å²) in [5.41, 5.74) is 0.307. The topological polar surface area (TPSA) is 19.0 Å². The normalized spacial score (nSPS) is 28.2. The first-order chi connectivity index (χ1) is 9.36. The standard InChI is InChI=1S/C16H33N3O/c1-14(2)18-10-11-20-15(13-18)12-17-6-8-19(9-7-17)16(3,4)5/h14-15H,6-13H2,1-5H3/t15-/m0/s1. The van der Waals surface area contributed by atoms with E-state index in [9.17, 15) is 0 Å². The van der Waals surface area contributed by atoms with Crippen LogP contribution in [0.5, 0.6) is 0 Å². The van der Waals surface area contributed by atoms with E-state index in [0.717, 1.165) is 26.2 Å². The van der Waals surface area contributed by atoms with E-state index in [0.29, 0.717) is 17.7 Å². The van der Waals surface area contributed by atoms with Gasteiger partial charge in [-0.2, -0.15) is 0 Å². The third-order valence-corrected chi connectivity index (χ3v) is 4.68. The van der Waals surface area contributed by atoms with Gasteiger partial charge in [0.05, 0.1) is 12.7 Å². The summed E-state index contributed by atoms with van der Waals surface area (Å²) in [7, 11) is 0. The lowest BCUT2D eigenvalue weighted by Crippen LogP contribution is -2.56. The Morgan fingerprint density at radius 3 is 2.25 bits per heavy atom. The fourth-order valence-corrected chi connectivity index (χ4v) is 3.21. The summed E-state index contributed by atoms with van der Waals surface area (Å²) in [5.74, 6) is 0. The van der Waals surface area contributed by atoms with Crippen LogP contribution in [0.3, 0.4) is 0 Å². The van der Waals surface area contributed by atoms with Gasteiger partial charge in [-0.15, -0.1) is 0 Å². The summed E-state index contributed by atoms with van der Waals surface area (Å²) in [6.45, 7) is 20.4. The van der Waals surface area contributed by atoms with E-state index in [1.807, 2.05) is 0 Å². The van der Waals surface area contributed by atoms with E-state index in [-0.39, 0.29) is 0 Å². The predicted molar refractivity (Wildman–Crippen MR) is 84.2 cm³/mol. The van der Waals surface area contributed by atoms with Gasteiger partial charge in [-0.1, -0.05) is 0 Å². The summed E-state index contributed by atoms with van der Waals surface area (Å²) in [5, 5.41) is 0. The number of ether oxygens (including phenoxy) is 1. The molecule has 1 atom stereocenters. The van der Waals surface area contributed by atoms with Crippen LogP contribution in [0.15, 0.2) is 0 Å². The SMILES string of the molecule is CC(C)N1CCO[C@@H](CN2CCN(C(C)(C)C)CC2)C1. The summed E-state index contributed by atoms with van der Waals surface area (Å²) in [4.78, 5) is 7.71. The van der Waals surface area contributed by atoms with Crippen LogP contribution < -0.4 is 0 Å². The van der Waals surface area contributed by atoms with Crippen LogP contribution in [0.1, 0.15) is 34.6 Å². The van der Waals surface area contributed by atoms with Crippen LogP contribution in [0, 0.1) is 0 Å². The zero-order chi connectivity index (χ0) is 14.8. The summed E-state index contributed by atoms with van der Waals surface area (Å²) in [6.07, 6.45) is 0.396. The van der Waals surface area contributed by atoms with Crippen LogP contribution in [0.25, 0.3) is 0 Å². The minimum Gasteiger partial charge on any atom is -0.374 e. The molecule has 4 heteroatoms. The highest BCUT2D eigenvalue weighted by Crippen LogP contribution is 2.17. The first-order valence-corrected chi connectivity index (χ1v) is 8.19. The highest BCUT2D eigenvalue weighted by atomic mass is 16.5. The van der Waals surface area contributed by atoms with Crippen molar-refractivity contribution in [2.75, 3.05) is 52.4 Å². The predicted octanol–water partition coefficient (Wildman–Crippen LogP) is 1.51. The van der Waals surface area contributed by atoms with Gasteiger partial charge in [0.15, 0.2) is 0 Å². The first-order valence-electron chi connectivity index (χ1n) is 8.19. The van der Waals surface area contributed by atoms with Gasteiger partial charge in [-0.05, 0) is 34.6 Å². The van der Waals surface area contributed by atoms with Crippen molar-refractivity contribution in [2.45, 2.75) is 52.3 Å². The number of hydrogen-bond acceptors (Lipinski definition) is 4. The zero-order valence-corrected chi connectivity index (χ0v) is 14.1. The van der Waals surface area contributed by atoms with Crippen molar-refractivity contribution in [1.82, 2.24) is 14.7 Å². The van der Waals surface area contributed by atoms with Crippen LogP contribution in [-0.2, 0) is 4.74 Å². The molecule has 0 aromatic rings. The minimum absolute atomic E-state index is 0.307. The van der Waals surface area contributed by atoms with Crippen molar-refractivity contribution in [3.63, 3.8) is 0 Å². The quantitative estimate of drug-likeness (QED) is 0.781. The third kappa shape index (κ3) is 4.42. The molecule has 118 valence electrons. The third-order valence-electron chi connectivity index (χ3n) is 4.68. The molecule has 0 bridgehead atoms. The highest BCUT2D eigenvalue weighted by molar-refractivity contribution is 4.84. The molecule has 0 N–H and O–H groups in total. The van der Waals surface area contributed by atoms with Crippen molar-refractivity contribution < 1.29 is 4.74 Å². The average Bonchev–Trinajstić information content (AvgIpc) is 2.38. The number of rotatable bonds is 3. The van der Waals surface area contributed by atoms with E-state index in [1.54, 1.807) is 0 Å². The summed E-state index contributed by atoms with van der Waals surface area (Å²) >= 11 is 0. The molecular weight excluding hydrogens is 250 g/mol. The number of morpholine rings is 1. The number of hydrogen-bond donors (Lipinski definition) is 0. The van der Waals surface area contributed by atoms with Crippen LogP contribution in [0.2, 0.25) is 0 Å². The molecule has 2 rings (SSSR count). The molecular formula is C16H33N3O. The second-order valence-electron chi connectivity index (χ2n) is 7.54. The fourth-order valence-electron chi connectivity index (χ4n) is 3.21. The molecule has 2 fully saturated rings. The number of nitrogens with zero attached hydrogens (tertiary/aromatic N) is 3. The van der Waals surface area contributed by atoms with Crippen LogP contribution in [0.4, 0.5) is 0 Å².